The SMILES string of the molecule is CCC(C)CS(=O)(=O)c1ccc(-c2noc(C(F)(F)F)n2)cc1. The van der Waals surface area contributed by atoms with E-state index in [1.54, 1.807) is 0 Å². The molecule has 0 aliphatic heterocycles. The molecule has 23 heavy (non-hydrogen) atoms. The van der Waals surface area contributed by atoms with Crippen molar-refractivity contribution in [1.29, 1.82) is 0 Å². The molecule has 0 N–H and O–H groups in total. The van der Waals surface area contributed by atoms with Crippen molar-refractivity contribution in [3.05, 3.63) is 30.2 Å². The Labute approximate surface area is 131 Å². The maximum Gasteiger partial charge on any atom is 0.471 e. The van der Waals surface area contributed by atoms with Gasteiger partial charge in [-0.05, 0) is 30.2 Å². The van der Waals surface area contributed by atoms with Crippen molar-refractivity contribution in [3.63, 3.8) is 0 Å². The molecule has 0 saturated heterocycles. The van der Waals surface area contributed by atoms with E-state index in [1.165, 1.54) is 24.3 Å². The lowest BCUT2D eigenvalue weighted by molar-refractivity contribution is -0.159. The first-order valence-electron chi connectivity index (χ1n) is 6.87. The standard InChI is InChI=1S/C14H15F3N2O3S/c1-3-9(2)8-23(20,21)11-6-4-10(5-7-11)12-18-13(22-19-12)14(15,16)17/h4-7,9H,3,8H2,1-2H3. The fraction of sp³-hybridized carbons (Fsp3) is 0.429. The third-order valence-electron chi connectivity index (χ3n) is 3.34. The Hall–Kier alpha value is -1.90. The van der Waals surface area contributed by atoms with Gasteiger partial charge in [0.05, 0.1) is 10.6 Å². The predicted octanol–water partition coefficient (Wildman–Crippen LogP) is 3.58. The van der Waals surface area contributed by atoms with E-state index >= 15 is 0 Å². The fourth-order valence-corrected chi connectivity index (χ4v) is 3.58. The van der Waals surface area contributed by atoms with Crippen molar-refractivity contribution < 1.29 is 26.1 Å². The minimum Gasteiger partial charge on any atom is -0.329 e. The number of rotatable bonds is 5. The Bertz CT molecular complexity index is 767. The molecule has 1 atom stereocenters. The molecule has 126 valence electrons. The summed E-state index contributed by atoms with van der Waals surface area (Å²) in [6.07, 6.45) is -3.98. The van der Waals surface area contributed by atoms with Gasteiger partial charge in [-0.1, -0.05) is 25.4 Å². The highest BCUT2D eigenvalue weighted by Gasteiger charge is 2.38. The van der Waals surface area contributed by atoms with E-state index < -0.39 is 21.9 Å². The van der Waals surface area contributed by atoms with Crippen LogP contribution in [-0.4, -0.2) is 24.3 Å². The molecule has 1 aromatic carbocycles. The van der Waals surface area contributed by atoms with E-state index in [2.05, 4.69) is 14.7 Å². The third-order valence-corrected chi connectivity index (χ3v) is 5.34. The van der Waals surface area contributed by atoms with Gasteiger partial charge in [0.1, 0.15) is 0 Å². The molecular formula is C14H15F3N2O3S. The summed E-state index contributed by atoms with van der Waals surface area (Å²) in [5.74, 6) is -1.65. The molecule has 2 rings (SSSR count). The van der Waals surface area contributed by atoms with E-state index in [9.17, 15) is 21.6 Å². The van der Waals surface area contributed by atoms with Crippen molar-refractivity contribution in [1.82, 2.24) is 10.1 Å². The van der Waals surface area contributed by atoms with Crippen LogP contribution in [0.1, 0.15) is 26.2 Å². The second kappa shape index (κ2) is 6.31. The van der Waals surface area contributed by atoms with E-state index in [0.29, 0.717) is 0 Å². The first kappa shape index (κ1) is 17.5. The average Bonchev–Trinajstić information content (AvgIpc) is 2.97. The first-order chi connectivity index (χ1) is 10.6. The third kappa shape index (κ3) is 4.10. The van der Waals surface area contributed by atoms with Crippen LogP contribution in [0.25, 0.3) is 11.4 Å². The monoisotopic (exact) mass is 348 g/mol. The first-order valence-corrected chi connectivity index (χ1v) is 8.53. The van der Waals surface area contributed by atoms with Gasteiger partial charge < -0.3 is 4.52 Å². The zero-order valence-electron chi connectivity index (χ0n) is 12.5. The normalized spacial score (nSPS) is 14.0. The van der Waals surface area contributed by atoms with Gasteiger partial charge in [0.2, 0.25) is 5.82 Å². The molecule has 0 amide bonds. The van der Waals surface area contributed by atoms with Gasteiger partial charge in [0.25, 0.3) is 0 Å². The number of halogens is 3. The highest BCUT2D eigenvalue weighted by atomic mass is 32.2. The van der Waals surface area contributed by atoms with Crippen LogP contribution < -0.4 is 0 Å². The van der Waals surface area contributed by atoms with E-state index in [0.717, 1.165) is 6.42 Å². The summed E-state index contributed by atoms with van der Waals surface area (Å²) in [7, 11) is -3.43. The molecule has 0 spiro atoms. The molecule has 0 bridgehead atoms. The zero-order chi connectivity index (χ0) is 17.3. The number of sulfone groups is 1. The van der Waals surface area contributed by atoms with E-state index in [4.69, 9.17) is 0 Å². The summed E-state index contributed by atoms with van der Waals surface area (Å²) in [5, 5.41) is 3.25. The van der Waals surface area contributed by atoms with Crippen molar-refractivity contribution in [2.24, 2.45) is 5.92 Å². The highest BCUT2D eigenvalue weighted by molar-refractivity contribution is 7.91. The quantitative estimate of drug-likeness (QED) is 0.826. The maximum absolute atomic E-state index is 12.4. The van der Waals surface area contributed by atoms with Crippen LogP contribution >= 0.6 is 0 Å². The van der Waals surface area contributed by atoms with Crippen LogP contribution in [0.5, 0.6) is 0 Å². The molecule has 1 heterocycles. The summed E-state index contributed by atoms with van der Waals surface area (Å²) < 4.78 is 65.8. The number of benzene rings is 1. The van der Waals surface area contributed by atoms with Crippen LogP contribution in [0.3, 0.4) is 0 Å². The summed E-state index contributed by atoms with van der Waals surface area (Å²) in [4.78, 5) is 3.37. The van der Waals surface area contributed by atoms with Crippen molar-refractivity contribution >= 4 is 9.84 Å². The molecule has 0 fully saturated rings. The van der Waals surface area contributed by atoms with E-state index in [1.807, 2.05) is 13.8 Å². The number of aromatic nitrogens is 2. The molecule has 0 radical (unpaired) electrons. The molecule has 1 unspecified atom stereocenters. The molecule has 9 heteroatoms. The lowest BCUT2D eigenvalue weighted by Crippen LogP contribution is -2.13. The molecule has 5 nitrogen and oxygen atoms in total. The number of hydrogen-bond donors (Lipinski definition) is 0. The largest absolute Gasteiger partial charge is 0.471 e. The predicted molar refractivity (Wildman–Crippen MR) is 76.2 cm³/mol. The van der Waals surface area contributed by atoms with Gasteiger partial charge in [0.15, 0.2) is 9.84 Å². The van der Waals surface area contributed by atoms with Crippen LogP contribution in [0, 0.1) is 5.92 Å². The van der Waals surface area contributed by atoms with Gasteiger partial charge in [-0.3, -0.25) is 0 Å². The Morgan fingerprint density at radius 3 is 2.30 bits per heavy atom. The fourth-order valence-electron chi connectivity index (χ4n) is 1.86. The molecule has 2 aromatic rings. The van der Waals surface area contributed by atoms with Crippen LogP contribution in [0.2, 0.25) is 0 Å². The highest BCUT2D eigenvalue weighted by Crippen LogP contribution is 2.29. The topological polar surface area (TPSA) is 73.1 Å². The van der Waals surface area contributed by atoms with Crippen molar-refractivity contribution in [2.75, 3.05) is 5.75 Å². The summed E-state index contributed by atoms with van der Waals surface area (Å²) >= 11 is 0. The van der Waals surface area contributed by atoms with Gasteiger partial charge in [-0.2, -0.15) is 18.2 Å². The van der Waals surface area contributed by atoms with Gasteiger partial charge in [-0.25, -0.2) is 8.42 Å². The van der Waals surface area contributed by atoms with Crippen molar-refractivity contribution in [3.8, 4) is 11.4 Å². The Kier molecular flexibility index (Phi) is 4.79. The van der Waals surface area contributed by atoms with Gasteiger partial charge in [-0.15, -0.1) is 0 Å². The second-order valence-electron chi connectivity index (χ2n) is 5.24. The molecule has 0 aliphatic carbocycles. The second-order valence-corrected chi connectivity index (χ2v) is 7.27. The minimum absolute atomic E-state index is 0.0171. The lowest BCUT2D eigenvalue weighted by Gasteiger charge is -2.09. The Balaban J connectivity index is 2.24. The zero-order valence-corrected chi connectivity index (χ0v) is 13.3. The molecule has 0 aliphatic rings. The van der Waals surface area contributed by atoms with E-state index in [-0.39, 0.29) is 28.0 Å². The lowest BCUT2D eigenvalue weighted by atomic mass is 10.2. The summed E-state index contributed by atoms with van der Waals surface area (Å²) in [6, 6.07) is 5.37. The van der Waals surface area contributed by atoms with Crippen LogP contribution in [0.15, 0.2) is 33.7 Å². The van der Waals surface area contributed by atoms with Gasteiger partial charge >= 0.3 is 12.1 Å². The number of hydrogen-bond acceptors (Lipinski definition) is 5. The Morgan fingerprint density at radius 1 is 1.22 bits per heavy atom. The molecule has 0 saturated carbocycles. The molecular weight excluding hydrogens is 333 g/mol. The van der Waals surface area contributed by atoms with Crippen LogP contribution in [-0.2, 0) is 16.0 Å². The number of alkyl halides is 3. The molecule has 1 aromatic heterocycles. The minimum atomic E-state index is -4.72. The summed E-state index contributed by atoms with van der Waals surface area (Å²) in [5.41, 5.74) is 0.242. The average molecular weight is 348 g/mol. The van der Waals surface area contributed by atoms with Gasteiger partial charge in [0, 0.05) is 5.56 Å². The smallest absolute Gasteiger partial charge is 0.329 e. The Morgan fingerprint density at radius 2 is 1.83 bits per heavy atom. The van der Waals surface area contributed by atoms with Crippen LogP contribution in [0.4, 0.5) is 13.2 Å². The van der Waals surface area contributed by atoms with Crippen molar-refractivity contribution in [2.45, 2.75) is 31.3 Å². The maximum atomic E-state index is 12.4. The number of nitrogens with zero attached hydrogens (tertiary/aromatic N) is 2. The summed E-state index contributed by atoms with van der Waals surface area (Å²) in [6.45, 7) is 3.74.